The first-order chi connectivity index (χ1) is 11.7. The third-order valence-electron chi connectivity index (χ3n) is 4.36. The Morgan fingerprint density at radius 2 is 1.58 bits per heavy atom. The molecule has 6 heteroatoms. The lowest BCUT2D eigenvalue weighted by Gasteiger charge is -2.34. The van der Waals surface area contributed by atoms with E-state index in [9.17, 15) is 0 Å². The van der Waals surface area contributed by atoms with Crippen molar-refractivity contribution in [1.82, 2.24) is 9.80 Å². The monoisotopic (exact) mass is 337 g/mol. The van der Waals surface area contributed by atoms with Crippen molar-refractivity contribution >= 4 is 0 Å². The van der Waals surface area contributed by atoms with Crippen LogP contribution in [0.2, 0.25) is 0 Å². The van der Waals surface area contributed by atoms with Gasteiger partial charge in [-0.3, -0.25) is 4.90 Å². The van der Waals surface area contributed by atoms with Gasteiger partial charge in [0.25, 0.3) is 0 Å². The molecule has 0 radical (unpaired) electrons. The molecule has 0 spiro atoms. The largest absolute Gasteiger partial charge is 0.493 e. The molecule has 6 nitrogen and oxygen atoms in total. The highest BCUT2D eigenvalue weighted by Gasteiger charge is 2.19. The Hall–Kier alpha value is -1.50. The molecule has 1 saturated heterocycles. The Labute approximate surface area is 145 Å². The summed E-state index contributed by atoms with van der Waals surface area (Å²) in [5.41, 5.74) is 6.78. The third kappa shape index (κ3) is 5.00. The van der Waals surface area contributed by atoms with E-state index in [2.05, 4.69) is 9.80 Å². The number of methoxy groups -OCH3 is 2. The summed E-state index contributed by atoms with van der Waals surface area (Å²) in [4.78, 5) is 4.95. The van der Waals surface area contributed by atoms with Crippen molar-refractivity contribution in [2.45, 2.75) is 19.9 Å². The average Bonchev–Trinajstić information content (AvgIpc) is 2.62. The molecule has 1 aromatic carbocycles. The maximum absolute atomic E-state index is 5.67. The summed E-state index contributed by atoms with van der Waals surface area (Å²) < 4.78 is 16.6. The molecule has 0 amide bonds. The number of rotatable bonds is 9. The summed E-state index contributed by atoms with van der Waals surface area (Å²) in [5.74, 6) is 2.14. The minimum atomic E-state index is 0.580. The van der Waals surface area contributed by atoms with Crippen molar-refractivity contribution in [2.24, 2.45) is 5.73 Å². The molecular weight excluding hydrogens is 306 g/mol. The van der Waals surface area contributed by atoms with Gasteiger partial charge in [-0.2, -0.15) is 0 Å². The highest BCUT2D eigenvalue weighted by atomic mass is 16.5. The Morgan fingerprint density at radius 1 is 1.00 bits per heavy atom. The summed E-state index contributed by atoms with van der Waals surface area (Å²) in [5, 5.41) is 0. The van der Waals surface area contributed by atoms with Crippen LogP contribution in [0.25, 0.3) is 0 Å². The molecule has 24 heavy (non-hydrogen) atoms. The highest BCUT2D eigenvalue weighted by Crippen LogP contribution is 2.38. The normalized spacial score (nSPS) is 16.2. The molecule has 0 atom stereocenters. The van der Waals surface area contributed by atoms with Gasteiger partial charge in [0.05, 0.1) is 20.8 Å². The van der Waals surface area contributed by atoms with Crippen LogP contribution in [0, 0.1) is 0 Å². The van der Waals surface area contributed by atoms with Crippen LogP contribution in [0.15, 0.2) is 12.1 Å². The number of nitrogens with two attached hydrogens (primary N) is 1. The molecule has 0 aliphatic carbocycles. The molecule has 1 heterocycles. The Morgan fingerprint density at radius 3 is 2.08 bits per heavy atom. The number of piperazine rings is 1. The van der Waals surface area contributed by atoms with Gasteiger partial charge in [-0.05, 0) is 44.1 Å². The highest BCUT2D eigenvalue weighted by molar-refractivity contribution is 5.53. The second kappa shape index (κ2) is 9.71. The fraction of sp³-hybridized carbons (Fsp3) is 0.667. The molecule has 2 rings (SSSR count). The van der Waals surface area contributed by atoms with Crippen molar-refractivity contribution in [2.75, 3.05) is 60.1 Å². The van der Waals surface area contributed by atoms with Crippen molar-refractivity contribution in [3.63, 3.8) is 0 Å². The molecule has 1 aliphatic heterocycles. The molecular formula is C18H31N3O3. The summed E-state index contributed by atoms with van der Waals surface area (Å²) in [6.45, 7) is 9.65. The first-order valence-electron chi connectivity index (χ1n) is 8.74. The Bertz CT molecular complexity index is 477. The van der Waals surface area contributed by atoms with E-state index < -0.39 is 0 Å². The van der Waals surface area contributed by atoms with E-state index in [1.54, 1.807) is 14.2 Å². The topological polar surface area (TPSA) is 60.2 Å². The van der Waals surface area contributed by atoms with E-state index in [0.717, 1.165) is 63.7 Å². The molecule has 0 bridgehead atoms. The number of ether oxygens (including phenoxy) is 3. The van der Waals surface area contributed by atoms with Crippen LogP contribution < -0.4 is 19.9 Å². The van der Waals surface area contributed by atoms with Gasteiger partial charge in [0.2, 0.25) is 5.75 Å². The summed E-state index contributed by atoms with van der Waals surface area (Å²) >= 11 is 0. The minimum Gasteiger partial charge on any atom is -0.493 e. The van der Waals surface area contributed by atoms with E-state index in [-0.39, 0.29) is 0 Å². The summed E-state index contributed by atoms with van der Waals surface area (Å²) in [7, 11) is 3.33. The number of benzene rings is 1. The van der Waals surface area contributed by atoms with Gasteiger partial charge >= 0.3 is 0 Å². The third-order valence-corrected chi connectivity index (χ3v) is 4.36. The van der Waals surface area contributed by atoms with E-state index in [1.165, 1.54) is 5.56 Å². The van der Waals surface area contributed by atoms with Gasteiger partial charge in [0.15, 0.2) is 11.5 Å². The summed E-state index contributed by atoms with van der Waals surface area (Å²) in [6.07, 6.45) is 1.08. The van der Waals surface area contributed by atoms with Gasteiger partial charge in [-0.25, -0.2) is 0 Å². The lowest BCUT2D eigenvalue weighted by molar-refractivity contribution is 0.126. The lowest BCUT2D eigenvalue weighted by atomic mass is 10.1. The summed E-state index contributed by atoms with van der Waals surface area (Å²) in [6, 6.07) is 4.10. The van der Waals surface area contributed by atoms with Gasteiger partial charge in [0.1, 0.15) is 0 Å². The van der Waals surface area contributed by atoms with Crippen LogP contribution in [0.5, 0.6) is 17.2 Å². The van der Waals surface area contributed by atoms with Crippen LogP contribution in [0.1, 0.15) is 18.9 Å². The Balaban J connectivity index is 2.00. The van der Waals surface area contributed by atoms with Crippen molar-refractivity contribution in [3.8, 4) is 17.2 Å². The molecule has 1 aromatic rings. The van der Waals surface area contributed by atoms with E-state index in [1.807, 2.05) is 19.1 Å². The molecule has 136 valence electrons. The maximum atomic E-state index is 5.67. The van der Waals surface area contributed by atoms with Crippen LogP contribution in [-0.4, -0.2) is 69.9 Å². The molecule has 1 aliphatic rings. The fourth-order valence-electron chi connectivity index (χ4n) is 3.06. The molecule has 0 aromatic heterocycles. The molecule has 1 fully saturated rings. The number of nitrogens with zero attached hydrogens (tertiary/aromatic N) is 2. The predicted molar refractivity (Wildman–Crippen MR) is 96.1 cm³/mol. The Kier molecular flexibility index (Phi) is 7.62. The molecule has 2 N–H and O–H groups in total. The lowest BCUT2D eigenvalue weighted by Crippen LogP contribution is -2.46. The molecule has 0 saturated carbocycles. The van der Waals surface area contributed by atoms with E-state index >= 15 is 0 Å². The first-order valence-corrected chi connectivity index (χ1v) is 8.74. The van der Waals surface area contributed by atoms with Crippen LogP contribution in [0.4, 0.5) is 0 Å². The smallest absolute Gasteiger partial charge is 0.203 e. The first kappa shape index (κ1) is 18.8. The zero-order valence-electron chi connectivity index (χ0n) is 15.2. The van der Waals surface area contributed by atoms with Gasteiger partial charge < -0.3 is 24.8 Å². The zero-order chi connectivity index (χ0) is 17.4. The van der Waals surface area contributed by atoms with Crippen molar-refractivity contribution in [3.05, 3.63) is 17.7 Å². The van der Waals surface area contributed by atoms with E-state index in [4.69, 9.17) is 19.9 Å². The van der Waals surface area contributed by atoms with Crippen molar-refractivity contribution < 1.29 is 14.2 Å². The van der Waals surface area contributed by atoms with Crippen LogP contribution >= 0.6 is 0 Å². The average molecular weight is 337 g/mol. The number of hydrogen-bond donors (Lipinski definition) is 1. The minimum absolute atomic E-state index is 0.580. The van der Waals surface area contributed by atoms with E-state index in [0.29, 0.717) is 12.4 Å². The quantitative estimate of drug-likeness (QED) is 0.738. The fourth-order valence-corrected chi connectivity index (χ4v) is 3.06. The SMILES string of the molecule is CCOc1c(OC)cc(CN2CCN(CCCN)CC2)cc1OC. The predicted octanol–water partition coefficient (Wildman–Crippen LogP) is 1.57. The van der Waals surface area contributed by atoms with Crippen molar-refractivity contribution in [1.29, 1.82) is 0 Å². The van der Waals surface area contributed by atoms with Crippen LogP contribution in [-0.2, 0) is 6.54 Å². The number of hydrogen-bond acceptors (Lipinski definition) is 6. The second-order valence-electron chi connectivity index (χ2n) is 6.02. The second-order valence-corrected chi connectivity index (χ2v) is 6.02. The molecule has 0 unspecified atom stereocenters. The van der Waals surface area contributed by atoms with Gasteiger partial charge in [0, 0.05) is 32.7 Å². The van der Waals surface area contributed by atoms with Crippen LogP contribution in [0.3, 0.4) is 0 Å². The zero-order valence-corrected chi connectivity index (χ0v) is 15.2. The maximum Gasteiger partial charge on any atom is 0.203 e. The van der Waals surface area contributed by atoms with Gasteiger partial charge in [-0.1, -0.05) is 0 Å². The van der Waals surface area contributed by atoms with Gasteiger partial charge in [-0.15, -0.1) is 0 Å². The standard InChI is InChI=1S/C18H31N3O3/c1-4-24-18-16(22-2)12-15(13-17(18)23-3)14-21-10-8-20(9-11-21)7-5-6-19/h12-13H,4-11,14,19H2,1-3H3.